The molecular formula is C32H46N6O2. The van der Waals surface area contributed by atoms with Crippen molar-refractivity contribution in [1.82, 2.24) is 25.1 Å². The highest BCUT2D eigenvalue weighted by Gasteiger charge is 2.19. The van der Waals surface area contributed by atoms with Gasteiger partial charge in [-0.25, -0.2) is 4.98 Å². The van der Waals surface area contributed by atoms with Gasteiger partial charge in [0, 0.05) is 56.3 Å². The molecule has 0 bridgehead atoms. The van der Waals surface area contributed by atoms with Crippen LogP contribution in [-0.4, -0.2) is 70.2 Å². The van der Waals surface area contributed by atoms with Crippen molar-refractivity contribution in [1.29, 1.82) is 0 Å². The lowest BCUT2D eigenvalue weighted by Gasteiger charge is -2.20. The maximum atomic E-state index is 13.3. The fourth-order valence-electron chi connectivity index (χ4n) is 5.20. The van der Waals surface area contributed by atoms with Gasteiger partial charge in [-0.05, 0) is 89.0 Å². The number of unbranched alkanes of at least 4 members (excludes halogenated alkanes) is 2. The molecule has 1 amide bonds. The highest BCUT2D eigenvalue weighted by Crippen LogP contribution is 2.23. The second kappa shape index (κ2) is 13.9. The number of aromatic amines is 1. The number of hydrogen-bond donors (Lipinski definition) is 3. The number of benzene rings is 2. The van der Waals surface area contributed by atoms with Crippen LogP contribution in [0.4, 0.5) is 5.69 Å². The maximum Gasteiger partial charge on any atom is 0.254 e. The number of aromatic nitrogens is 2. The fraction of sp³-hybridized carbons (Fsp3) is 0.531. The van der Waals surface area contributed by atoms with Crippen molar-refractivity contribution in [3.63, 3.8) is 0 Å². The SMILES string of the molecule is CN(Cc1nc2ccccc2[nH]1)C(=O)c1ccc2c(c1)CN(CCCC(=O)CCCCCNC(C)(C)C)CCN2. The third-order valence-corrected chi connectivity index (χ3v) is 7.38. The van der Waals surface area contributed by atoms with E-state index in [1.165, 1.54) is 0 Å². The summed E-state index contributed by atoms with van der Waals surface area (Å²) in [6, 6.07) is 13.8. The third-order valence-electron chi connectivity index (χ3n) is 7.38. The summed E-state index contributed by atoms with van der Waals surface area (Å²) in [5.41, 5.74) is 4.91. The first-order valence-electron chi connectivity index (χ1n) is 14.7. The molecule has 8 nitrogen and oxygen atoms in total. The van der Waals surface area contributed by atoms with Gasteiger partial charge in [0.15, 0.2) is 0 Å². The summed E-state index contributed by atoms with van der Waals surface area (Å²) in [5.74, 6) is 1.11. The molecule has 0 spiro atoms. The molecule has 3 aromatic rings. The van der Waals surface area contributed by atoms with Crippen LogP contribution in [0.3, 0.4) is 0 Å². The molecule has 0 saturated heterocycles. The molecule has 3 N–H and O–H groups in total. The van der Waals surface area contributed by atoms with E-state index in [0.717, 1.165) is 86.5 Å². The molecular weight excluding hydrogens is 500 g/mol. The van der Waals surface area contributed by atoms with Crippen LogP contribution in [0.25, 0.3) is 11.0 Å². The Morgan fingerprint density at radius 3 is 2.65 bits per heavy atom. The zero-order chi connectivity index (χ0) is 28.5. The Balaban J connectivity index is 1.23. The summed E-state index contributed by atoms with van der Waals surface area (Å²) >= 11 is 0. The molecule has 0 radical (unpaired) electrons. The van der Waals surface area contributed by atoms with E-state index < -0.39 is 0 Å². The van der Waals surface area contributed by atoms with Crippen molar-refractivity contribution in [2.45, 2.75) is 77.9 Å². The van der Waals surface area contributed by atoms with E-state index >= 15 is 0 Å². The van der Waals surface area contributed by atoms with Crippen LogP contribution in [0.1, 0.15) is 81.0 Å². The molecule has 0 saturated carbocycles. The molecule has 40 heavy (non-hydrogen) atoms. The zero-order valence-electron chi connectivity index (χ0n) is 24.7. The number of nitrogens with one attached hydrogen (secondary N) is 3. The van der Waals surface area contributed by atoms with Crippen LogP contribution in [0.2, 0.25) is 0 Å². The molecule has 1 aliphatic rings. The number of carbonyl (C=O) groups excluding carboxylic acids is 2. The molecule has 0 unspecified atom stereocenters. The Morgan fingerprint density at radius 2 is 1.85 bits per heavy atom. The van der Waals surface area contributed by atoms with Gasteiger partial charge in [0.05, 0.1) is 17.6 Å². The van der Waals surface area contributed by atoms with Gasteiger partial charge >= 0.3 is 0 Å². The maximum absolute atomic E-state index is 13.3. The smallest absolute Gasteiger partial charge is 0.254 e. The van der Waals surface area contributed by atoms with Gasteiger partial charge in [-0.2, -0.15) is 0 Å². The second-order valence-corrected chi connectivity index (χ2v) is 12.1. The minimum Gasteiger partial charge on any atom is -0.383 e. The fourth-order valence-corrected chi connectivity index (χ4v) is 5.20. The van der Waals surface area contributed by atoms with E-state index in [1.54, 1.807) is 4.90 Å². The van der Waals surface area contributed by atoms with E-state index in [4.69, 9.17) is 0 Å². The molecule has 2 heterocycles. The lowest BCUT2D eigenvalue weighted by molar-refractivity contribution is -0.119. The van der Waals surface area contributed by atoms with Gasteiger partial charge in [-0.15, -0.1) is 0 Å². The first-order valence-corrected chi connectivity index (χ1v) is 14.7. The van der Waals surface area contributed by atoms with Crippen LogP contribution < -0.4 is 10.6 Å². The largest absolute Gasteiger partial charge is 0.383 e. The Morgan fingerprint density at radius 1 is 1.05 bits per heavy atom. The predicted octanol–water partition coefficient (Wildman–Crippen LogP) is 5.36. The number of nitrogens with zero attached hydrogens (tertiary/aromatic N) is 3. The van der Waals surface area contributed by atoms with Gasteiger partial charge in [0.2, 0.25) is 0 Å². The molecule has 1 aliphatic heterocycles. The Hall–Kier alpha value is -3.23. The molecule has 0 atom stereocenters. The number of rotatable bonds is 13. The van der Waals surface area contributed by atoms with Gasteiger partial charge in [0.25, 0.3) is 5.91 Å². The summed E-state index contributed by atoms with van der Waals surface area (Å²) in [6.07, 6.45) is 5.39. The predicted molar refractivity (Wildman–Crippen MR) is 163 cm³/mol. The van der Waals surface area contributed by atoms with E-state index in [9.17, 15) is 9.59 Å². The van der Waals surface area contributed by atoms with E-state index in [0.29, 0.717) is 30.7 Å². The second-order valence-electron chi connectivity index (χ2n) is 12.1. The van der Waals surface area contributed by atoms with Crippen molar-refractivity contribution in [2.75, 3.05) is 38.5 Å². The molecule has 8 heteroatoms. The van der Waals surface area contributed by atoms with Crippen molar-refractivity contribution in [2.24, 2.45) is 0 Å². The van der Waals surface area contributed by atoms with Gasteiger partial charge in [-0.1, -0.05) is 18.6 Å². The number of ketones is 1. The molecule has 216 valence electrons. The highest BCUT2D eigenvalue weighted by molar-refractivity contribution is 5.94. The molecule has 0 aliphatic carbocycles. The number of para-hydroxylation sites is 2. The number of carbonyl (C=O) groups is 2. The summed E-state index contributed by atoms with van der Waals surface area (Å²) in [5, 5.41) is 7.01. The molecule has 4 rings (SSSR count). The molecule has 2 aromatic carbocycles. The number of Topliss-reactive ketones (excluding diaryl/α,β-unsaturated/α-hetero) is 1. The quantitative estimate of drug-likeness (QED) is 0.250. The van der Waals surface area contributed by atoms with Crippen molar-refractivity contribution < 1.29 is 9.59 Å². The Labute approximate surface area is 238 Å². The first kappa shape index (κ1) is 29.7. The van der Waals surface area contributed by atoms with Crippen LogP contribution in [0.15, 0.2) is 42.5 Å². The Bertz CT molecular complexity index is 1240. The number of hydrogen-bond acceptors (Lipinski definition) is 6. The lowest BCUT2D eigenvalue weighted by atomic mass is 10.1. The van der Waals surface area contributed by atoms with Gasteiger partial charge in [0.1, 0.15) is 11.6 Å². The summed E-state index contributed by atoms with van der Waals surface area (Å²) in [4.78, 5) is 37.7. The van der Waals surface area contributed by atoms with Crippen LogP contribution >= 0.6 is 0 Å². The monoisotopic (exact) mass is 546 g/mol. The number of imidazole rings is 1. The third kappa shape index (κ3) is 8.89. The molecule has 1 aromatic heterocycles. The average Bonchev–Trinajstić information content (AvgIpc) is 3.21. The minimum atomic E-state index is -0.0289. The van der Waals surface area contributed by atoms with Gasteiger partial charge < -0.3 is 20.5 Å². The summed E-state index contributed by atoms with van der Waals surface area (Å²) < 4.78 is 0. The standard InChI is InChI=1S/C32H46N6O2/c1-32(2,3)34-17-9-5-6-11-26(39)12-10-19-38-20-18-33-27-16-15-24(21-25(27)22-38)31(40)37(4)23-30-35-28-13-7-8-14-29(28)36-30/h7-8,13-16,21,33-34H,5-6,9-12,17-20,22-23H2,1-4H3,(H,35,36). The minimum absolute atomic E-state index is 0.0289. The number of anilines is 1. The average molecular weight is 547 g/mol. The Kier molecular flexibility index (Phi) is 10.3. The van der Waals surface area contributed by atoms with Crippen LogP contribution in [0, 0.1) is 0 Å². The lowest BCUT2D eigenvalue weighted by Crippen LogP contribution is -2.36. The van der Waals surface area contributed by atoms with Crippen molar-refractivity contribution in [3.8, 4) is 0 Å². The van der Waals surface area contributed by atoms with Crippen LogP contribution in [-0.2, 0) is 17.9 Å². The van der Waals surface area contributed by atoms with E-state index in [2.05, 4.69) is 46.3 Å². The van der Waals surface area contributed by atoms with Crippen molar-refractivity contribution >= 4 is 28.4 Å². The van der Waals surface area contributed by atoms with E-state index in [1.807, 2.05) is 49.5 Å². The highest BCUT2D eigenvalue weighted by atomic mass is 16.2. The van der Waals surface area contributed by atoms with E-state index in [-0.39, 0.29) is 11.4 Å². The zero-order valence-corrected chi connectivity index (χ0v) is 24.7. The van der Waals surface area contributed by atoms with Crippen LogP contribution in [0.5, 0.6) is 0 Å². The summed E-state index contributed by atoms with van der Waals surface area (Å²) in [6.45, 7) is 11.4. The van der Waals surface area contributed by atoms with Gasteiger partial charge in [-0.3, -0.25) is 14.5 Å². The normalized spacial score (nSPS) is 14.0. The first-order chi connectivity index (χ1) is 19.2. The topological polar surface area (TPSA) is 93.4 Å². The van der Waals surface area contributed by atoms with Crippen molar-refractivity contribution in [3.05, 3.63) is 59.4 Å². The number of amides is 1. The number of H-pyrrole nitrogens is 1. The molecule has 0 fully saturated rings. The summed E-state index contributed by atoms with van der Waals surface area (Å²) in [7, 11) is 1.81. The number of fused-ring (bicyclic) bond motifs is 2.